The molecule has 0 bridgehead atoms. The van der Waals surface area contributed by atoms with Crippen LogP contribution in [0, 0.1) is 0 Å². The monoisotopic (exact) mass is 353 g/mol. The van der Waals surface area contributed by atoms with Gasteiger partial charge in [0.1, 0.15) is 0 Å². The quantitative estimate of drug-likeness (QED) is 0.647. The zero-order chi connectivity index (χ0) is 17.5. The van der Waals surface area contributed by atoms with E-state index < -0.39 is 0 Å². The van der Waals surface area contributed by atoms with Crippen molar-refractivity contribution in [3.8, 4) is 0 Å². The normalized spacial score (nSPS) is 11.3. The van der Waals surface area contributed by atoms with E-state index in [1.54, 1.807) is 11.8 Å². The van der Waals surface area contributed by atoms with Crippen molar-refractivity contribution in [2.45, 2.75) is 16.3 Å². The minimum absolute atomic E-state index is 0.0972. The molecule has 0 aliphatic heterocycles. The Kier molecular flexibility index (Phi) is 6.48. The number of aliphatic hydroxyl groups is 2. The van der Waals surface area contributed by atoms with Gasteiger partial charge in [-0.2, -0.15) is 0 Å². The van der Waals surface area contributed by atoms with E-state index in [0.29, 0.717) is 13.1 Å². The number of rotatable bonds is 8. The molecule has 0 atom stereocenters. The maximum absolute atomic E-state index is 9.22. The van der Waals surface area contributed by atoms with Crippen LogP contribution >= 0.6 is 11.8 Å². The highest BCUT2D eigenvalue weighted by molar-refractivity contribution is 7.99. The fourth-order valence-corrected chi connectivity index (χ4v) is 3.87. The summed E-state index contributed by atoms with van der Waals surface area (Å²) in [5.74, 6) is 0. The third kappa shape index (κ3) is 4.83. The van der Waals surface area contributed by atoms with Gasteiger partial charge in [-0.1, -0.05) is 60.3 Å². The number of benzene rings is 3. The van der Waals surface area contributed by atoms with Gasteiger partial charge in [-0.3, -0.25) is 4.90 Å². The molecule has 4 heteroatoms. The lowest BCUT2D eigenvalue weighted by Gasteiger charge is -2.21. The Balaban J connectivity index is 1.81. The Morgan fingerprint density at radius 3 is 2.20 bits per heavy atom. The lowest BCUT2D eigenvalue weighted by molar-refractivity contribution is 0.155. The number of fused-ring (bicyclic) bond motifs is 1. The summed E-state index contributed by atoms with van der Waals surface area (Å²) in [5.41, 5.74) is 1.21. The summed E-state index contributed by atoms with van der Waals surface area (Å²) in [4.78, 5) is 4.49. The van der Waals surface area contributed by atoms with E-state index in [-0.39, 0.29) is 13.2 Å². The van der Waals surface area contributed by atoms with Gasteiger partial charge in [-0.15, -0.1) is 0 Å². The average molecular weight is 353 g/mol. The minimum atomic E-state index is 0.0972. The molecule has 0 saturated heterocycles. The zero-order valence-corrected chi connectivity index (χ0v) is 15.0. The van der Waals surface area contributed by atoms with Crippen LogP contribution in [-0.2, 0) is 6.54 Å². The molecule has 0 aliphatic rings. The molecule has 0 aromatic heterocycles. The van der Waals surface area contributed by atoms with Crippen LogP contribution < -0.4 is 0 Å². The van der Waals surface area contributed by atoms with Gasteiger partial charge in [0, 0.05) is 29.4 Å². The highest BCUT2D eigenvalue weighted by Gasteiger charge is 2.10. The topological polar surface area (TPSA) is 43.7 Å². The van der Waals surface area contributed by atoms with Crippen LogP contribution in [0.2, 0.25) is 0 Å². The molecule has 2 N–H and O–H groups in total. The predicted octanol–water partition coefficient (Wildman–Crippen LogP) is 3.78. The molecule has 0 saturated carbocycles. The van der Waals surface area contributed by atoms with Gasteiger partial charge in [0.25, 0.3) is 0 Å². The van der Waals surface area contributed by atoms with Crippen LogP contribution in [0.3, 0.4) is 0 Å². The number of hydrogen-bond donors (Lipinski definition) is 2. The smallest absolute Gasteiger partial charge is 0.0558 e. The Morgan fingerprint density at radius 2 is 1.44 bits per heavy atom. The molecule has 0 aliphatic carbocycles. The third-order valence-electron chi connectivity index (χ3n) is 4.15. The second kappa shape index (κ2) is 9.02. The molecule has 3 nitrogen and oxygen atoms in total. The summed E-state index contributed by atoms with van der Waals surface area (Å²) in [6.07, 6.45) is 0. The van der Waals surface area contributed by atoms with Crippen LogP contribution in [0.25, 0.3) is 10.8 Å². The van der Waals surface area contributed by atoms with Crippen molar-refractivity contribution in [3.63, 3.8) is 0 Å². The first-order valence-corrected chi connectivity index (χ1v) is 9.30. The van der Waals surface area contributed by atoms with E-state index in [0.717, 1.165) is 6.54 Å². The second-order valence-corrected chi connectivity index (χ2v) is 7.06. The lowest BCUT2D eigenvalue weighted by Crippen LogP contribution is -2.29. The molecule has 3 rings (SSSR count). The first-order chi connectivity index (χ1) is 12.3. The Bertz CT molecular complexity index is 816. The van der Waals surface area contributed by atoms with E-state index >= 15 is 0 Å². The van der Waals surface area contributed by atoms with Crippen LogP contribution in [-0.4, -0.2) is 41.4 Å². The number of hydrogen-bond acceptors (Lipinski definition) is 4. The third-order valence-corrected chi connectivity index (χ3v) is 5.26. The average Bonchev–Trinajstić information content (AvgIpc) is 2.64. The molecule has 0 spiro atoms. The second-order valence-electron chi connectivity index (χ2n) is 5.94. The van der Waals surface area contributed by atoms with E-state index in [9.17, 15) is 10.2 Å². The van der Waals surface area contributed by atoms with Gasteiger partial charge >= 0.3 is 0 Å². The maximum Gasteiger partial charge on any atom is 0.0558 e. The first-order valence-electron chi connectivity index (χ1n) is 8.49. The molecule has 130 valence electrons. The van der Waals surface area contributed by atoms with Gasteiger partial charge in [0.05, 0.1) is 13.2 Å². The Morgan fingerprint density at radius 1 is 0.760 bits per heavy atom. The number of nitrogens with zero attached hydrogens (tertiary/aromatic N) is 1. The molecular formula is C21H23NO2S. The molecular weight excluding hydrogens is 330 g/mol. The standard InChI is InChI=1S/C21H23NO2S/c23-13-11-22(12-14-24)16-19-7-3-4-8-21(19)25-20-10-9-17-5-1-2-6-18(17)15-20/h1-10,15,23-24H,11-14,16H2. The Hall–Kier alpha value is -1.85. The van der Waals surface area contributed by atoms with Gasteiger partial charge < -0.3 is 10.2 Å². The molecule has 0 radical (unpaired) electrons. The summed E-state index contributed by atoms with van der Waals surface area (Å²) in [7, 11) is 0. The summed E-state index contributed by atoms with van der Waals surface area (Å²) < 4.78 is 0. The predicted molar refractivity (Wildman–Crippen MR) is 104 cm³/mol. The fourth-order valence-electron chi connectivity index (χ4n) is 2.89. The van der Waals surface area contributed by atoms with E-state index in [4.69, 9.17) is 0 Å². The molecule has 0 fully saturated rings. The van der Waals surface area contributed by atoms with Gasteiger partial charge in [0.15, 0.2) is 0 Å². The lowest BCUT2D eigenvalue weighted by atomic mass is 10.1. The van der Waals surface area contributed by atoms with Crippen molar-refractivity contribution in [2.24, 2.45) is 0 Å². The summed E-state index contributed by atoms with van der Waals surface area (Å²) in [6.45, 7) is 2.04. The van der Waals surface area contributed by atoms with E-state index in [2.05, 4.69) is 65.6 Å². The SMILES string of the molecule is OCCN(CCO)Cc1ccccc1Sc1ccc2ccccc2c1. The summed E-state index contributed by atoms with van der Waals surface area (Å²) in [5, 5.41) is 20.9. The largest absolute Gasteiger partial charge is 0.395 e. The molecule has 0 amide bonds. The van der Waals surface area contributed by atoms with Crippen molar-refractivity contribution in [3.05, 3.63) is 72.3 Å². The van der Waals surface area contributed by atoms with Crippen molar-refractivity contribution in [1.29, 1.82) is 0 Å². The van der Waals surface area contributed by atoms with Crippen LogP contribution in [0.5, 0.6) is 0 Å². The summed E-state index contributed by atoms with van der Waals surface area (Å²) in [6, 6.07) is 23.2. The molecule has 25 heavy (non-hydrogen) atoms. The highest BCUT2D eigenvalue weighted by atomic mass is 32.2. The van der Waals surface area contributed by atoms with E-state index in [1.807, 2.05) is 6.07 Å². The van der Waals surface area contributed by atoms with Gasteiger partial charge in [-0.05, 0) is 34.5 Å². The molecule has 0 heterocycles. The first kappa shape index (κ1) is 18.0. The number of aliphatic hydroxyl groups excluding tert-OH is 2. The fraction of sp³-hybridized carbons (Fsp3) is 0.238. The van der Waals surface area contributed by atoms with Crippen molar-refractivity contribution < 1.29 is 10.2 Å². The van der Waals surface area contributed by atoms with Crippen molar-refractivity contribution in [2.75, 3.05) is 26.3 Å². The van der Waals surface area contributed by atoms with Crippen LogP contribution in [0.4, 0.5) is 0 Å². The zero-order valence-electron chi connectivity index (χ0n) is 14.1. The van der Waals surface area contributed by atoms with E-state index in [1.165, 1.54) is 26.1 Å². The molecule has 3 aromatic rings. The highest BCUT2D eigenvalue weighted by Crippen LogP contribution is 2.32. The van der Waals surface area contributed by atoms with Crippen molar-refractivity contribution >= 4 is 22.5 Å². The summed E-state index contributed by atoms with van der Waals surface area (Å²) >= 11 is 1.76. The van der Waals surface area contributed by atoms with Gasteiger partial charge in [0.2, 0.25) is 0 Å². The van der Waals surface area contributed by atoms with Crippen LogP contribution in [0.1, 0.15) is 5.56 Å². The maximum atomic E-state index is 9.22. The molecule has 0 unspecified atom stereocenters. The minimum Gasteiger partial charge on any atom is -0.395 e. The van der Waals surface area contributed by atoms with Gasteiger partial charge in [-0.25, -0.2) is 0 Å². The van der Waals surface area contributed by atoms with Crippen molar-refractivity contribution in [1.82, 2.24) is 4.90 Å². The molecule has 3 aromatic carbocycles. The van der Waals surface area contributed by atoms with Crippen LogP contribution in [0.15, 0.2) is 76.5 Å². The Labute approximate surface area is 152 Å².